The largest absolute Gasteiger partial charge is 0.497 e. The van der Waals surface area contributed by atoms with Crippen LogP contribution < -0.4 is 10.1 Å². The maximum absolute atomic E-state index is 11.1. The summed E-state index contributed by atoms with van der Waals surface area (Å²) in [5, 5.41) is 11.6. The number of imidazole rings is 1. The Morgan fingerprint density at radius 1 is 1.29 bits per heavy atom. The van der Waals surface area contributed by atoms with Gasteiger partial charge in [-0.25, -0.2) is 9.78 Å². The number of benzene rings is 1. The highest BCUT2D eigenvalue weighted by molar-refractivity contribution is 5.65. The lowest BCUT2D eigenvalue weighted by molar-refractivity contribution is 0.188. The number of rotatable bonds is 9. The molecule has 24 heavy (non-hydrogen) atoms. The lowest BCUT2D eigenvalue weighted by atomic mass is 10.1. The van der Waals surface area contributed by atoms with Crippen molar-refractivity contribution in [3.63, 3.8) is 0 Å². The number of aromatic amines is 1. The van der Waals surface area contributed by atoms with Gasteiger partial charge >= 0.3 is 6.09 Å². The van der Waals surface area contributed by atoms with Gasteiger partial charge in [0.1, 0.15) is 11.6 Å². The van der Waals surface area contributed by atoms with Gasteiger partial charge in [-0.1, -0.05) is 32.6 Å². The SMILES string of the molecule is CCCCCC[C@@H](NC(=O)O)c1ncc(-c2ccc(OC)cc2)[nH]1. The number of carboxylic acid groups (broad SMARTS) is 1. The van der Waals surface area contributed by atoms with E-state index in [1.165, 1.54) is 0 Å². The standard InChI is InChI=1S/C18H25N3O3/c1-3-4-5-6-7-15(21-18(22)23)17-19-12-16(20-17)13-8-10-14(24-2)11-9-13/h8-12,15,21H,3-7H2,1-2H3,(H,19,20)(H,22,23)/t15-/m1/s1. The van der Waals surface area contributed by atoms with Gasteiger partial charge in [-0.2, -0.15) is 0 Å². The highest BCUT2D eigenvalue weighted by atomic mass is 16.5. The molecule has 0 aliphatic rings. The Morgan fingerprint density at radius 2 is 2.04 bits per heavy atom. The molecule has 6 heteroatoms. The zero-order valence-corrected chi connectivity index (χ0v) is 14.2. The Bertz CT molecular complexity index is 637. The topological polar surface area (TPSA) is 87.2 Å². The van der Waals surface area contributed by atoms with Gasteiger partial charge in [0.25, 0.3) is 0 Å². The predicted octanol–water partition coefficient (Wildman–Crippen LogP) is 4.36. The van der Waals surface area contributed by atoms with Gasteiger partial charge in [0, 0.05) is 0 Å². The number of nitrogens with one attached hydrogen (secondary N) is 2. The molecule has 130 valence electrons. The summed E-state index contributed by atoms with van der Waals surface area (Å²) in [4.78, 5) is 18.7. The number of hydrogen-bond donors (Lipinski definition) is 3. The number of aromatic nitrogens is 2. The highest BCUT2D eigenvalue weighted by Crippen LogP contribution is 2.24. The number of H-pyrrole nitrogens is 1. The van der Waals surface area contributed by atoms with Gasteiger partial charge in [-0.05, 0) is 36.2 Å². The predicted molar refractivity (Wildman–Crippen MR) is 93.2 cm³/mol. The lowest BCUT2D eigenvalue weighted by Gasteiger charge is -2.14. The Kier molecular flexibility index (Phi) is 6.66. The van der Waals surface area contributed by atoms with Crippen LogP contribution in [0.4, 0.5) is 4.79 Å². The molecular weight excluding hydrogens is 306 g/mol. The first kappa shape index (κ1) is 17.8. The Labute approximate surface area is 142 Å². The maximum Gasteiger partial charge on any atom is 0.405 e. The molecule has 2 aromatic rings. The molecular formula is C18H25N3O3. The zero-order chi connectivity index (χ0) is 17.4. The summed E-state index contributed by atoms with van der Waals surface area (Å²) >= 11 is 0. The van der Waals surface area contributed by atoms with Crippen LogP contribution in [0.1, 0.15) is 50.9 Å². The molecule has 0 aliphatic carbocycles. The van der Waals surface area contributed by atoms with Crippen LogP contribution >= 0.6 is 0 Å². The van der Waals surface area contributed by atoms with Crippen molar-refractivity contribution >= 4 is 6.09 Å². The summed E-state index contributed by atoms with van der Waals surface area (Å²) in [5.74, 6) is 1.44. The van der Waals surface area contributed by atoms with Crippen LogP contribution in [0.25, 0.3) is 11.3 Å². The van der Waals surface area contributed by atoms with E-state index >= 15 is 0 Å². The van der Waals surface area contributed by atoms with E-state index in [0.717, 1.165) is 49.1 Å². The molecule has 1 aromatic heterocycles. The average Bonchev–Trinajstić information content (AvgIpc) is 3.07. The normalized spacial score (nSPS) is 11.9. The number of amides is 1. The number of ether oxygens (including phenoxy) is 1. The molecule has 1 atom stereocenters. The van der Waals surface area contributed by atoms with Crippen LogP contribution in [0.3, 0.4) is 0 Å². The van der Waals surface area contributed by atoms with Crippen LogP contribution in [0.15, 0.2) is 30.5 Å². The molecule has 3 N–H and O–H groups in total. The fourth-order valence-corrected chi connectivity index (χ4v) is 2.63. The number of nitrogens with zero attached hydrogens (tertiary/aromatic N) is 1. The van der Waals surface area contributed by atoms with Crippen LogP contribution in [0.5, 0.6) is 5.75 Å². The third kappa shape index (κ3) is 5.01. The van der Waals surface area contributed by atoms with Crippen LogP contribution in [0.2, 0.25) is 0 Å². The quantitative estimate of drug-likeness (QED) is 0.596. The molecule has 1 aromatic carbocycles. The molecule has 2 rings (SSSR count). The molecule has 6 nitrogen and oxygen atoms in total. The van der Waals surface area contributed by atoms with Gasteiger partial charge in [0.05, 0.1) is 25.0 Å². The van der Waals surface area contributed by atoms with Crippen molar-refractivity contribution in [2.45, 2.75) is 45.1 Å². The minimum Gasteiger partial charge on any atom is -0.497 e. The fourth-order valence-electron chi connectivity index (χ4n) is 2.63. The van der Waals surface area contributed by atoms with Gasteiger partial charge in [-0.3, -0.25) is 0 Å². The number of carbonyl (C=O) groups is 1. The molecule has 0 bridgehead atoms. The van der Waals surface area contributed by atoms with Crippen molar-refractivity contribution in [1.29, 1.82) is 0 Å². The summed E-state index contributed by atoms with van der Waals surface area (Å²) < 4.78 is 5.16. The van der Waals surface area contributed by atoms with Crippen LogP contribution in [-0.4, -0.2) is 28.3 Å². The van der Waals surface area contributed by atoms with E-state index in [4.69, 9.17) is 9.84 Å². The van der Waals surface area contributed by atoms with E-state index in [1.807, 2.05) is 24.3 Å². The first-order valence-electron chi connectivity index (χ1n) is 8.32. The highest BCUT2D eigenvalue weighted by Gasteiger charge is 2.17. The summed E-state index contributed by atoms with van der Waals surface area (Å²) in [6, 6.07) is 7.33. The molecule has 0 unspecified atom stereocenters. The summed E-state index contributed by atoms with van der Waals surface area (Å²) in [5.41, 5.74) is 1.84. The van der Waals surface area contributed by atoms with Gasteiger partial charge in [0.15, 0.2) is 0 Å². The van der Waals surface area contributed by atoms with Crippen molar-refractivity contribution in [1.82, 2.24) is 15.3 Å². The second kappa shape index (κ2) is 8.96. The van der Waals surface area contributed by atoms with E-state index < -0.39 is 6.09 Å². The van der Waals surface area contributed by atoms with E-state index in [-0.39, 0.29) is 6.04 Å². The molecule has 0 saturated carbocycles. The lowest BCUT2D eigenvalue weighted by Crippen LogP contribution is -2.27. The summed E-state index contributed by atoms with van der Waals surface area (Å²) in [7, 11) is 1.63. The van der Waals surface area contributed by atoms with Crippen LogP contribution in [-0.2, 0) is 0 Å². The number of unbranched alkanes of at least 4 members (excludes halogenated alkanes) is 3. The molecule has 0 spiro atoms. The van der Waals surface area contributed by atoms with Gasteiger partial charge in [0.2, 0.25) is 0 Å². The molecule has 0 saturated heterocycles. The molecule has 1 heterocycles. The van der Waals surface area contributed by atoms with Gasteiger partial charge in [-0.15, -0.1) is 0 Å². The molecule has 0 radical (unpaired) electrons. The number of methoxy groups -OCH3 is 1. The van der Waals surface area contributed by atoms with E-state index in [0.29, 0.717) is 5.82 Å². The second-order valence-electron chi connectivity index (χ2n) is 5.76. The van der Waals surface area contributed by atoms with Crippen molar-refractivity contribution in [3.8, 4) is 17.0 Å². The monoisotopic (exact) mass is 331 g/mol. The van der Waals surface area contributed by atoms with Crippen molar-refractivity contribution in [2.24, 2.45) is 0 Å². The Hall–Kier alpha value is -2.50. The van der Waals surface area contributed by atoms with Crippen molar-refractivity contribution in [2.75, 3.05) is 7.11 Å². The summed E-state index contributed by atoms with van der Waals surface area (Å²) in [6.45, 7) is 2.15. The van der Waals surface area contributed by atoms with E-state index in [2.05, 4.69) is 22.2 Å². The Balaban J connectivity index is 2.09. The first-order chi connectivity index (χ1) is 11.6. The molecule has 1 amide bonds. The zero-order valence-electron chi connectivity index (χ0n) is 14.2. The minimum atomic E-state index is -1.03. The van der Waals surface area contributed by atoms with Crippen molar-refractivity contribution < 1.29 is 14.6 Å². The Morgan fingerprint density at radius 3 is 2.67 bits per heavy atom. The smallest absolute Gasteiger partial charge is 0.405 e. The first-order valence-corrected chi connectivity index (χ1v) is 8.32. The van der Waals surface area contributed by atoms with E-state index in [1.54, 1.807) is 13.3 Å². The third-order valence-electron chi connectivity index (χ3n) is 3.97. The fraction of sp³-hybridized carbons (Fsp3) is 0.444. The molecule has 0 fully saturated rings. The summed E-state index contributed by atoms with van der Waals surface area (Å²) in [6.07, 6.45) is 5.83. The van der Waals surface area contributed by atoms with Crippen molar-refractivity contribution in [3.05, 3.63) is 36.3 Å². The second-order valence-corrected chi connectivity index (χ2v) is 5.76. The van der Waals surface area contributed by atoms with E-state index in [9.17, 15) is 4.79 Å². The average molecular weight is 331 g/mol. The minimum absolute atomic E-state index is 0.314. The number of hydrogen-bond acceptors (Lipinski definition) is 3. The van der Waals surface area contributed by atoms with Crippen LogP contribution in [0, 0.1) is 0 Å². The molecule has 0 aliphatic heterocycles. The third-order valence-corrected chi connectivity index (χ3v) is 3.97. The maximum atomic E-state index is 11.1. The van der Waals surface area contributed by atoms with Gasteiger partial charge < -0.3 is 20.1 Å².